The third-order valence-corrected chi connectivity index (χ3v) is 2.93. The average molecular weight is 205 g/mol. The van der Waals surface area contributed by atoms with Crippen molar-refractivity contribution < 1.29 is 4.74 Å². The second-order valence-electron chi connectivity index (χ2n) is 4.37. The summed E-state index contributed by atoms with van der Waals surface area (Å²) in [5.74, 6) is 1.02. The van der Waals surface area contributed by atoms with Gasteiger partial charge in [-0.25, -0.2) is 0 Å². The molecule has 1 aliphatic heterocycles. The van der Waals surface area contributed by atoms with Crippen molar-refractivity contribution in [2.45, 2.75) is 32.7 Å². The van der Waals surface area contributed by atoms with Gasteiger partial charge in [-0.05, 0) is 44.9 Å². The number of aryl methyl sites for hydroxylation is 2. The van der Waals surface area contributed by atoms with Crippen LogP contribution in [0.3, 0.4) is 0 Å². The Labute approximate surface area is 91.6 Å². The van der Waals surface area contributed by atoms with Gasteiger partial charge in [0.2, 0.25) is 0 Å². The molecule has 1 aromatic carbocycles. The minimum absolute atomic E-state index is 0.547. The van der Waals surface area contributed by atoms with Gasteiger partial charge < -0.3 is 10.1 Å². The molecule has 0 spiro atoms. The van der Waals surface area contributed by atoms with Crippen molar-refractivity contribution in [2.75, 3.05) is 13.2 Å². The summed E-state index contributed by atoms with van der Waals surface area (Å²) in [5.41, 5.74) is 2.52. The lowest BCUT2D eigenvalue weighted by Crippen LogP contribution is -2.28. The number of ether oxygens (including phenoxy) is 1. The predicted octanol–water partition coefficient (Wildman–Crippen LogP) is 2.43. The SMILES string of the molecule is Cc1ccc(OC[C@H]2CCCN2)c(C)c1. The Morgan fingerprint density at radius 3 is 2.93 bits per heavy atom. The number of benzene rings is 1. The van der Waals surface area contributed by atoms with Crippen LogP contribution in [0.1, 0.15) is 24.0 Å². The molecule has 0 saturated carbocycles. The first-order valence-electron chi connectivity index (χ1n) is 5.69. The lowest BCUT2D eigenvalue weighted by atomic mass is 10.1. The number of hydrogen-bond acceptors (Lipinski definition) is 2. The molecule has 1 N–H and O–H groups in total. The zero-order valence-corrected chi connectivity index (χ0v) is 9.55. The van der Waals surface area contributed by atoms with Gasteiger partial charge in [0.05, 0.1) is 0 Å². The molecular weight excluding hydrogens is 186 g/mol. The average Bonchev–Trinajstić information content (AvgIpc) is 2.69. The van der Waals surface area contributed by atoms with Crippen LogP contribution in [-0.4, -0.2) is 19.2 Å². The van der Waals surface area contributed by atoms with Crippen molar-refractivity contribution in [1.29, 1.82) is 0 Å². The molecule has 1 fully saturated rings. The van der Waals surface area contributed by atoms with Crippen LogP contribution in [0.2, 0.25) is 0 Å². The van der Waals surface area contributed by atoms with Crippen LogP contribution in [0, 0.1) is 13.8 Å². The smallest absolute Gasteiger partial charge is 0.122 e. The maximum atomic E-state index is 5.81. The molecule has 0 amide bonds. The number of rotatable bonds is 3. The van der Waals surface area contributed by atoms with Crippen LogP contribution < -0.4 is 10.1 Å². The van der Waals surface area contributed by atoms with E-state index < -0.39 is 0 Å². The molecule has 15 heavy (non-hydrogen) atoms. The van der Waals surface area contributed by atoms with Gasteiger partial charge in [-0.1, -0.05) is 17.7 Å². The second kappa shape index (κ2) is 4.67. The molecular formula is C13H19NO. The molecule has 0 unspecified atom stereocenters. The van der Waals surface area contributed by atoms with Gasteiger partial charge in [-0.3, -0.25) is 0 Å². The van der Waals surface area contributed by atoms with Crippen molar-refractivity contribution >= 4 is 0 Å². The largest absolute Gasteiger partial charge is 0.492 e. The fourth-order valence-electron chi connectivity index (χ4n) is 2.05. The first-order valence-corrected chi connectivity index (χ1v) is 5.69. The van der Waals surface area contributed by atoms with E-state index in [9.17, 15) is 0 Å². The third kappa shape index (κ3) is 2.72. The second-order valence-corrected chi connectivity index (χ2v) is 4.37. The summed E-state index contributed by atoms with van der Waals surface area (Å²) < 4.78 is 5.81. The van der Waals surface area contributed by atoms with Crippen LogP contribution in [-0.2, 0) is 0 Å². The Morgan fingerprint density at radius 1 is 1.40 bits per heavy atom. The summed E-state index contributed by atoms with van der Waals surface area (Å²) in [4.78, 5) is 0. The van der Waals surface area contributed by atoms with Gasteiger partial charge in [0, 0.05) is 6.04 Å². The van der Waals surface area contributed by atoms with Crippen molar-refractivity contribution in [3.8, 4) is 5.75 Å². The first-order chi connectivity index (χ1) is 7.25. The van der Waals surface area contributed by atoms with Gasteiger partial charge in [0.1, 0.15) is 12.4 Å². The summed E-state index contributed by atoms with van der Waals surface area (Å²) >= 11 is 0. The molecule has 2 rings (SSSR count). The molecule has 1 aliphatic rings. The highest BCUT2D eigenvalue weighted by atomic mass is 16.5. The van der Waals surface area contributed by atoms with E-state index in [0.29, 0.717) is 6.04 Å². The van der Waals surface area contributed by atoms with E-state index in [1.807, 2.05) is 0 Å². The summed E-state index contributed by atoms with van der Waals surface area (Å²) in [6.45, 7) is 6.14. The molecule has 1 aromatic rings. The molecule has 2 heteroatoms. The Kier molecular flexibility index (Phi) is 3.27. The van der Waals surface area contributed by atoms with Gasteiger partial charge in [0.25, 0.3) is 0 Å². The van der Waals surface area contributed by atoms with E-state index in [4.69, 9.17) is 4.74 Å². The first kappa shape index (κ1) is 10.5. The lowest BCUT2D eigenvalue weighted by Gasteiger charge is -2.14. The fourth-order valence-corrected chi connectivity index (χ4v) is 2.05. The Balaban J connectivity index is 1.92. The van der Waals surface area contributed by atoms with E-state index in [2.05, 4.69) is 37.4 Å². The molecule has 1 atom stereocenters. The highest BCUT2D eigenvalue weighted by molar-refractivity contribution is 5.35. The molecule has 0 aromatic heterocycles. The molecule has 1 saturated heterocycles. The van der Waals surface area contributed by atoms with Crippen molar-refractivity contribution in [3.05, 3.63) is 29.3 Å². The fraction of sp³-hybridized carbons (Fsp3) is 0.538. The van der Waals surface area contributed by atoms with E-state index >= 15 is 0 Å². The van der Waals surface area contributed by atoms with E-state index in [0.717, 1.165) is 18.9 Å². The monoisotopic (exact) mass is 205 g/mol. The van der Waals surface area contributed by atoms with Crippen LogP contribution in [0.5, 0.6) is 5.75 Å². The minimum Gasteiger partial charge on any atom is -0.492 e. The standard InChI is InChI=1S/C13H19NO/c1-10-5-6-13(11(2)8-10)15-9-12-4-3-7-14-12/h5-6,8,12,14H,3-4,7,9H2,1-2H3/t12-/m1/s1. The van der Waals surface area contributed by atoms with E-state index in [-0.39, 0.29) is 0 Å². The van der Waals surface area contributed by atoms with Crippen LogP contribution in [0.25, 0.3) is 0 Å². The highest BCUT2D eigenvalue weighted by Gasteiger charge is 2.14. The Hall–Kier alpha value is -1.02. The maximum absolute atomic E-state index is 5.81. The van der Waals surface area contributed by atoms with Gasteiger partial charge in [-0.2, -0.15) is 0 Å². The van der Waals surface area contributed by atoms with Crippen molar-refractivity contribution in [2.24, 2.45) is 0 Å². The van der Waals surface area contributed by atoms with Crippen LogP contribution >= 0.6 is 0 Å². The van der Waals surface area contributed by atoms with Crippen LogP contribution in [0.4, 0.5) is 0 Å². The highest BCUT2D eigenvalue weighted by Crippen LogP contribution is 2.19. The molecule has 1 heterocycles. The summed E-state index contributed by atoms with van der Waals surface area (Å²) in [5, 5.41) is 3.43. The molecule has 82 valence electrons. The lowest BCUT2D eigenvalue weighted by molar-refractivity contribution is 0.275. The van der Waals surface area contributed by atoms with E-state index in [1.54, 1.807) is 0 Å². The molecule has 0 bridgehead atoms. The predicted molar refractivity (Wildman–Crippen MR) is 62.4 cm³/mol. The summed E-state index contributed by atoms with van der Waals surface area (Å²) in [6.07, 6.45) is 2.52. The Bertz CT molecular complexity index is 329. The van der Waals surface area contributed by atoms with E-state index in [1.165, 1.54) is 24.0 Å². The normalized spacial score (nSPS) is 20.5. The molecule has 0 aliphatic carbocycles. The quantitative estimate of drug-likeness (QED) is 0.818. The topological polar surface area (TPSA) is 21.3 Å². The minimum atomic E-state index is 0.547. The Morgan fingerprint density at radius 2 is 2.27 bits per heavy atom. The molecule has 0 radical (unpaired) electrons. The molecule has 2 nitrogen and oxygen atoms in total. The van der Waals surface area contributed by atoms with Gasteiger partial charge in [-0.15, -0.1) is 0 Å². The summed E-state index contributed by atoms with van der Waals surface area (Å²) in [7, 11) is 0. The maximum Gasteiger partial charge on any atom is 0.122 e. The van der Waals surface area contributed by atoms with Crippen molar-refractivity contribution in [3.63, 3.8) is 0 Å². The van der Waals surface area contributed by atoms with Gasteiger partial charge in [0.15, 0.2) is 0 Å². The van der Waals surface area contributed by atoms with Crippen LogP contribution in [0.15, 0.2) is 18.2 Å². The summed E-state index contributed by atoms with van der Waals surface area (Å²) in [6, 6.07) is 6.88. The zero-order valence-electron chi connectivity index (χ0n) is 9.55. The third-order valence-electron chi connectivity index (χ3n) is 2.93. The number of nitrogens with one attached hydrogen (secondary N) is 1. The zero-order chi connectivity index (χ0) is 10.7. The number of hydrogen-bond donors (Lipinski definition) is 1. The van der Waals surface area contributed by atoms with Gasteiger partial charge >= 0.3 is 0 Å². The van der Waals surface area contributed by atoms with Crippen molar-refractivity contribution in [1.82, 2.24) is 5.32 Å².